The maximum Gasteiger partial charge on any atom is 0.0724 e. The van der Waals surface area contributed by atoms with Crippen molar-refractivity contribution in [3.63, 3.8) is 0 Å². The van der Waals surface area contributed by atoms with Crippen molar-refractivity contribution in [2.75, 3.05) is 14.2 Å². The van der Waals surface area contributed by atoms with E-state index in [1.54, 1.807) is 7.11 Å². The van der Waals surface area contributed by atoms with Gasteiger partial charge >= 0.3 is 0 Å². The van der Waals surface area contributed by atoms with E-state index in [-0.39, 0.29) is 12.4 Å². The van der Waals surface area contributed by atoms with Crippen molar-refractivity contribution in [2.24, 2.45) is 0 Å². The molecule has 0 spiro atoms. The summed E-state index contributed by atoms with van der Waals surface area (Å²) in [5.41, 5.74) is 0. The smallest absolute Gasteiger partial charge is 0.0724 e. The van der Waals surface area contributed by atoms with Crippen LogP contribution in [0.15, 0.2) is 0 Å². The minimum absolute atomic E-state index is 0. The second-order valence-corrected chi connectivity index (χ2v) is 2.25. The van der Waals surface area contributed by atoms with E-state index in [4.69, 9.17) is 4.74 Å². The molecule has 0 radical (unpaired) electrons. The molecule has 1 fully saturated rings. The van der Waals surface area contributed by atoms with Crippen molar-refractivity contribution in [3.8, 4) is 0 Å². The highest BCUT2D eigenvalue weighted by atomic mass is 35.5. The van der Waals surface area contributed by atoms with Gasteiger partial charge in [-0.25, -0.2) is 0 Å². The minimum atomic E-state index is 0. The van der Waals surface area contributed by atoms with Crippen molar-refractivity contribution >= 4 is 12.4 Å². The first-order chi connectivity index (χ1) is 3.88. The molecular formula is C6H14ClNO. The summed E-state index contributed by atoms with van der Waals surface area (Å²) in [4.78, 5) is 0. The molecule has 2 atom stereocenters. The number of methoxy groups -OCH3 is 1. The Bertz CT molecular complexity index is 65.5. The lowest BCUT2D eigenvalue weighted by Crippen LogP contribution is -2.47. The molecule has 0 saturated heterocycles. The Kier molecular flexibility index (Phi) is 4.19. The van der Waals surface area contributed by atoms with Crippen LogP contribution in [0.3, 0.4) is 0 Å². The predicted octanol–water partition coefficient (Wildman–Crippen LogP) is 0.805. The molecule has 0 heterocycles. The number of ether oxygens (including phenoxy) is 1. The van der Waals surface area contributed by atoms with Crippen LogP contribution < -0.4 is 5.32 Å². The van der Waals surface area contributed by atoms with Gasteiger partial charge in [0.1, 0.15) is 0 Å². The van der Waals surface area contributed by atoms with Crippen LogP contribution in [0.25, 0.3) is 0 Å². The maximum atomic E-state index is 5.13. The molecule has 1 rings (SSSR count). The van der Waals surface area contributed by atoms with Crippen LogP contribution in [0.1, 0.15) is 12.8 Å². The van der Waals surface area contributed by atoms with Gasteiger partial charge in [0, 0.05) is 13.2 Å². The van der Waals surface area contributed by atoms with Crippen LogP contribution >= 0.6 is 12.4 Å². The highest BCUT2D eigenvalue weighted by Gasteiger charge is 2.28. The standard InChI is InChI=1S/C6H13NO.ClH/c1-7-5-3-4-6(5)8-2;/h5-7H,3-4H2,1-2H3;1H/t5-,6-;/m1./s1. The molecule has 1 N–H and O–H groups in total. The van der Waals surface area contributed by atoms with Gasteiger partial charge in [-0.15, -0.1) is 12.4 Å². The van der Waals surface area contributed by atoms with Crippen LogP contribution in [-0.4, -0.2) is 26.3 Å². The van der Waals surface area contributed by atoms with Gasteiger partial charge in [0.05, 0.1) is 6.10 Å². The summed E-state index contributed by atoms with van der Waals surface area (Å²) in [6.45, 7) is 0. The summed E-state index contributed by atoms with van der Waals surface area (Å²) in [6.07, 6.45) is 2.98. The Morgan fingerprint density at radius 3 is 2.22 bits per heavy atom. The van der Waals surface area contributed by atoms with Crippen molar-refractivity contribution < 1.29 is 4.74 Å². The monoisotopic (exact) mass is 151 g/mol. The van der Waals surface area contributed by atoms with Gasteiger partial charge in [-0.05, 0) is 19.9 Å². The van der Waals surface area contributed by atoms with Crippen LogP contribution in [0.2, 0.25) is 0 Å². The third-order valence-corrected chi connectivity index (χ3v) is 1.88. The Labute approximate surface area is 62.4 Å². The fourth-order valence-corrected chi connectivity index (χ4v) is 1.08. The van der Waals surface area contributed by atoms with Gasteiger partial charge in [-0.1, -0.05) is 0 Å². The Balaban J connectivity index is 0.000000640. The summed E-state index contributed by atoms with van der Waals surface area (Å²) in [5, 5.41) is 3.18. The summed E-state index contributed by atoms with van der Waals surface area (Å²) in [5.74, 6) is 0. The molecule has 0 unspecified atom stereocenters. The Hall–Kier alpha value is 0.210. The lowest BCUT2D eigenvalue weighted by atomic mass is 9.89. The number of hydrogen-bond acceptors (Lipinski definition) is 2. The molecule has 2 nitrogen and oxygen atoms in total. The summed E-state index contributed by atoms with van der Waals surface area (Å²) in [6, 6.07) is 0.625. The van der Waals surface area contributed by atoms with Gasteiger partial charge in [0.25, 0.3) is 0 Å². The molecule has 0 aromatic carbocycles. The molecular weight excluding hydrogens is 138 g/mol. The zero-order valence-electron chi connectivity index (χ0n) is 5.89. The third kappa shape index (κ3) is 1.81. The number of halogens is 1. The fraction of sp³-hybridized carbons (Fsp3) is 1.00. The average molecular weight is 152 g/mol. The van der Waals surface area contributed by atoms with Crippen molar-refractivity contribution in [2.45, 2.75) is 25.0 Å². The SMILES string of the molecule is CN[C@@H]1CC[C@H]1OC.Cl. The van der Waals surface area contributed by atoms with Gasteiger partial charge in [0.2, 0.25) is 0 Å². The number of likely N-dealkylation sites (N-methyl/N-ethyl adjacent to an activating group) is 1. The molecule has 0 amide bonds. The molecule has 0 aromatic heterocycles. The maximum absolute atomic E-state index is 5.13. The van der Waals surface area contributed by atoms with Crippen LogP contribution in [0.4, 0.5) is 0 Å². The molecule has 0 bridgehead atoms. The fourth-order valence-electron chi connectivity index (χ4n) is 1.08. The largest absolute Gasteiger partial charge is 0.380 e. The molecule has 0 aliphatic heterocycles. The topological polar surface area (TPSA) is 21.3 Å². The molecule has 3 heteroatoms. The first-order valence-electron chi connectivity index (χ1n) is 3.08. The molecule has 1 aliphatic rings. The summed E-state index contributed by atoms with van der Waals surface area (Å²) >= 11 is 0. The first-order valence-corrected chi connectivity index (χ1v) is 3.08. The molecule has 9 heavy (non-hydrogen) atoms. The average Bonchev–Trinajstić information content (AvgIpc) is 1.66. The van der Waals surface area contributed by atoms with Crippen LogP contribution in [-0.2, 0) is 4.74 Å². The highest BCUT2D eigenvalue weighted by Crippen LogP contribution is 2.21. The third-order valence-electron chi connectivity index (χ3n) is 1.88. The van der Waals surface area contributed by atoms with Gasteiger partial charge < -0.3 is 10.1 Å². The number of rotatable bonds is 2. The lowest BCUT2D eigenvalue weighted by Gasteiger charge is -2.34. The van der Waals surface area contributed by atoms with E-state index in [9.17, 15) is 0 Å². The van der Waals surface area contributed by atoms with E-state index >= 15 is 0 Å². The van der Waals surface area contributed by atoms with E-state index in [1.165, 1.54) is 12.8 Å². The van der Waals surface area contributed by atoms with Gasteiger partial charge in [-0.3, -0.25) is 0 Å². The summed E-state index contributed by atoms with van der Waals surface area (Å²) in [7, 11) is 3.75. The lowest BCUT2D eigenvalue weighted by molar-refractivity contribution is 0.00957. The Morgan fingerprint density at radius 2 is 2.11 bits per heavy atom. The van der Waals surface area contributed by atoms with Crippen LogP contribution in [0.5, 0.6) is 0 Å². The van der Waals surface area contributed by atoms with E-state index in [0.717, 1.165) is 0 Å². The summed E-state index contributed by atoms with van der Waals surface area (Å²) < 4.78 is 5.13. The quantitative estimate of drug-likeness (QED) is 0.631. The van der Waals surface area contributed by atoms with E-state index in [2.05, 4.69) is 5.32 Å². The van der Waals surface area contributed by atoms with Crippen LogP contribution in [0, 0.1) is 0 Å². The van der Waals surface area contributed by atoms with E-state index in [1.807, 2.05) is 7.05 Å². The second-order valence-electron chi connectivity index (χ2n) is 2.25. The minimum Gasteiger partial charge on any atom is -0.380 e. The molecule has 0 aromatic rings. The van der Waals surface area contributed by atoms with Gasteiger partial charge in [0.15, 0.2) is 0 Å². The van der Waals surface area contributed by atoms with Crippen molar-refractivity contribution in [1.29, 1.82) is 0 Å². The Morgan fingerprint density at radius 1 is 1.44 bits per heavy atom. The zero-order valence-corrected chi connectivity index (χ0v) is 6.70. The predicted molar refractivity (Wildman–Crippen MR) is 40.1 cm³/mol. The highest BCUT2D eigenvalue weighted by molar-refractivity contribution is 5.85. The molecule has 56 valence electrons. The van der Waals surface area contributed by atoms with Gasteiger partial charge in [-0.2, -0.15) is 0 Å². The molecule has 1 aliphatic carbocycles. The number of nitrogens with one attached hydrogen (secondary N) is 1. The molecule has 1 saturated carbocycles. The number of hydrogen-bond donors (Lipinski definition) is 1. The first kappa shape index (κ1) is 9.21. The second kappa shape index (κ2) is 4.09. The van der Waals surface area contributed by atoms with E-state index < -0.39 is 0 Å². The van der Waals surface area contributed by atoms with Crippen molar-refractivity contribution in [3.05, 3.63) is 0 Å². The van der Waals surface area contributed by atoms with E-state index in [0.29, 0.717) is 12.1 Å². The normalized spacial score (nSPS) is 32.7. The zero-order chi connectivity index (χ0) is 5.98. The van der Waals surface area contributed by atoms with Crippen molar-refractivity contribution in [1.82, 2.24) is 5.32 Å².